The summed E-state index contributed by atoms with van der Waals surface area (Å²) in [6.07, 6.45) is 0. The van der Waals surface area contributed by atoms with E-state index < -0.39 is 11.8 Å². The van der Waals surface area contributed by atoms with Crippen LogP contribution in [0.4, 0.5) is 11.4 Å². The van der Waals surface area contributed by atoms with Crippen molar-refractivity contribution in [3.8, 4) is 0 Å². The summed E-state index contributed by atoms with van der Waals surface area (Å²) in [5.74, 6) is -1.04. The third kappa shape index (κ3) is 3.03. The van der Waals surface area contributed by atoms with Crippen molar-refractivity contribution < 1.29 is 9.59 Å². The van der Waals surface area contributed by atoms with Crippen LogP contribution in [0, 0.1) is 20.8 Å². The molecule has 2 aromatic carbocycles. The lowest BCUT2D eigenvalue weighted by Gasteiger charge is -2.18. The van der Waals surface area contributed by atoms with Crippen LogP contribution in [0.3, 0.4) is 0 Å². The zero-order valence-corrected chi connectivity index (χ0v) is 15.5. The number of imide groups is 1. The number of aryl methyl sites for hydroxylation is 2. The van der Waals surface area contributed by atoms with Crippen LogP contribution in [0.15, 0.2) is 47.1 Å². The molecule has 128 valence electrons. The minimum atomic E-state index is -0.551. The molecular weight excluding hydrogens is 359 g/mol. The predicted molar refractivity (Wildman–Crippen MR) is 101 cm³/mol. The van der Waals surface area contributed by atoms with Gasteiger partial charge in [0.2, 0.25) is 0 Å². The minimum absolute atomic E-state index is 0.0784. The first-order valence-corrected chi connectivity index (χ1v) is 8.45. The van der Waals surface area contributed by atoms with E-state index in [4.69, 9.17) is 23.2 Å². The molecule has 0 radical (unpaired) electrons. The summed E-state index contributed by atoms with van der Waals surface area (Å²) < 4.78 is 0. The number of rotatable bonds is 3. The van der Waals surface area contributed by atoms with Gasteiger partial charge in [0.1, 0.15) is 10.7 Å². The summed E-state index contributed by atoms with van der Waals surface area (Å²) in [5.41, 5.74) is 4.06. The number of hydrogen-bond donors (Lipinski definition) is 1. The SMILES string of the molecule is Cc1cc(Cl)ccc1N1C(=O)C(Cl)=C(Nc2cccc(C)c2C)C1=O. The molecule has 25 heavy (non-hydrogen) atoms. The number of carbonyl (C=O) groups is 2. The van der Waals surface area contributed by atoms with Crippen molar-refractivity contribution in [1.82, 2.24) is 0 Å². The Morgan fingerprint density at radius 1 is 0.920 bits per heavy atom. The maximum Gasteiger partial charge on any atom is 0.283 e. The number of hydrogen-bond acceptors (Lipinski definition) is 3. The zero-order chi connectivity index (χ0) is 18.3. The van der Waals surface area contributed by atoms with E-state index in [1.807, 2.05) is 32.0 Å². The standard InChI is InChI=1S/C19H16Cl2N2O2/c1-10-5-4-6-14(12(10)3)22-17-16(21)18(24)23(19(17)25)15-8-7-13(20)9-11(15)2/h4-9,22H,1-3H3. The van der Waals surface area contributed by atoms with Crippen molar-refractivity contribution in [3.63, 3.8) is 0 Å². The number of amides is 2. The molecule has 3 rings (SSSR count). The van der Waals surface area contributed by atoms with Gasteiger partial charge in [-0.3, -0.25) is 9.59 Å². The largest absolute Gasteiger partial charge is 0.349 e. The molecule has 2 aromatic rings. The smallest absolute Gasteiger partial charge is 0.283 e. The fourth-order valence-electron chi connectivity index (χ4n) is 2.72. The molecule has 0 saturated carbocycles. The van der Waals surface area contributed by atoms with E-state index in [2.05, 4.69) is 5.32 Å². The lowest BCUT2D eigenvalue weighted by molar-refractivity contribution is -0.120. The maximum atomic E-state index is 12.8. The van der Waals surface area contributed by atoms with Gasteiger partial charge in [0.15, 0.2) is 0 Å². The minimum Gasteiger partial charge on any atom is -0.349 e. The average molecular weight is 375 g/mol. The molecule has 6 heteroatoms. The molecule has 4 nitrogen and oxygen atoms in total. The Bertz CT molecular complexity index is 935. The van der Waals surface area contributed by atoms with Crippen molar-refractivity contribution in [3.05, 3.63) is 68.8 Å². The van der Waals surface area contributed by atoms with Crippen LogP contribution in [0.2, 0.25) is 5.02 Å². The van der Waals surface area contributed by atoms with Crippen LogP contribution in [0.1, 0.15) is 16.7 Å². The topological polar surface area (TPSA) is 49.4 Å². The molecule has 2 amide bonds. The fourth-order valence-corrected chi connectivity index (χ4v) is 3.16. The highest BCUT2D eigenvalue weighted by molar-refractivity contribution is 6.53. The van der Waals surface area contributed by atoms with E-state index in [1.165, 1.54) is 0 Å². The molecule has 1 aliphatic rings. The van der Waals surface area contributed by atoms with Crippen molar-refractivity contribution in [1.29, 1.82) is 0 Å². The van der Waals surface area contributed by atoms with E-state index >= 15 is 0 Å². The van der Waals surface area contributed by atoms with Gasteiger partial charge >= 0.3 is 0 Å². The Morgan fingerprint density at radius 3 is 2.32 bits per heavy atom. The molecule has 1 heterocycles. The normalized spacial score (nSPS) is 14.5. The van der Waals surface area contributed by atoms with Gasteiger partial charge in [-0.1, -0.05) is 35.3 Å². The Kier molecular flexibility index (Phi) is 4.58. The number of nitrogens with zero attached hydrogens (tertiary/aromatic N) is 1. The molecular formula is C19H16Cl2N2O2. The van der Waals surface area contributed by atoms with Crippen LogP contribution in [0.25, 0.3) is 0 Å². The second-order valence-electron chi connectivity index (χ2n) is 5.94. The second-order valence-corrected chi connectivity index (χ2v) is 6.75. The summed E-state index contributed by atoms with van der Waals surface area (Å²) in [5, 5.41) is 3.43. The van der Waals surface area contributed by atoms with Crippen molar-refractivity contribution in [2.75, 3.05) is 10.2 Å². The Morgan fingerprint density at radius 2 is 1.64 bits per heavy atom. The maximum absolute atomic E-state index is 12.8. The molecule has 0 bridgehead atoms. The molecule has 0 saturated heterocycles. The highest BCUT2D eigenvalue weighted by atomic mass is 35.5. The van der Waals surface area contributed by atoms with Gasteiger partial charge in [-0.25, -0.2) is 4.90 Å². The number of halogens is 2. The summed E-state index contributed by atoms with van der Waals surface area (Å²) >= 11 is 12.1. The molecule has 0 unspecified atom stereocenters. The number of anilines is 2. The highest BCUT2D eigenvalue weighted by Crippen LogP contribution is 2.33. The van der Waals surface area contributed by atoms with Crippen LogP contribution in [-0.4, -0.2) is 11.8 Å². The summed E-state index contributed by atoms with van der Waals surface area (Å²) in [6, 6.07) is 10.7. The molecule has 0 fully saturated rings. The van der Waals surface area contributed by atoms with Crippen molar-refractivity contribution in [2.24, 2.45) is 0 Å². The Labute approximate surface area is 156 Å². The summed E-state index contributed by atoms with van der Waals surface area (Å²) in [6.45, 7) is 5.70. The zero-order valence-electron chi connectivity index (χ0n) is 14.0. The van der Waals surface area contributed by atoms with Crippen LogP contribution in [-0.2, 0) is 9.59 Å². The van der Waals surface area contributed by atoms with Gasteiger partial charge in [-0.15, -0.1) is 0 Å². The molecule has 0 spiro atoms. The quantitative estimate of drug-likeness (QED) is 0.791. The van der Waals surface area contributed by atoms with Gasteiger partial charge in [-0.2, -0.15) is 0 Å². The van der Waals surface area contributed by atoms with Gasteiger partial charge in [0.05, 0.1) is 5.69 Å². The molecule has 0 atom stereocenters. The average Bonchev–Trinajstić information content (AvgIpc) is 2.76. The van der Waals surface area contributed by atoms with E-state index in [9.17, 15) is 9.59 Å². The lowest BCUT2D eigenvalue weighted by atomic mass is 10.1. The van der Waals surface area contributed by atoms with Gasteiger partial charge in [-0.05, 0) is 61.7 Å². The van der Waals surface area contributed by atoms with Crippen LogP contribution in [0.5, 0.6) is 0 Å². The predicted octanol–water partition coefficient (Wildman–Crippen LogP) is 4.70. The first-order chi connectivity index (χ1) is 11.8. The van der Waals surface area contributed by atoms with E-state index in [1.54, 1.807) is 25.1 Å². The Balaban J connectivity index is 1.98. The van der Waals surface area contributed by atoms with Crippen LogP contribution < -0.4 is 10.2 Å². The molecule has 1 aliphatic heterocycles. The van der Waals surface area contributed by atoms with E-state index in [-0.39, 0.29) is 10.7 Å². The van der Waals surface area contributed by atoms with Crippen molar-refractivity contribution >= 4 is 46.4 Å². The van der Waals surface area contributed by atoms with Gasteiger partial charge < -0.3 is 5.32 Å². The van der Waals surface area contributed by atoms with Gasteiger partial charge in [0, 0.05) is 10.7 Å². The Hall–Kier alpha value is -2.30. The number of benzene rings is 2. The first kappa shape index (κ1) is 17.5. The molecule has 0 aliphatic carbocycles. The molecule has 0 aromatic heterocycles. The molecule has 1 N–H and O–H groups in total. The second kappa shape index (κ2) is 6.54. The third-order valence-electron chi connectivity index (χ3n) is 4.29. The number of nitrogens with one attached hydrogen (secondary N) is 1. The van der Waals surface area contributed by atoms with Crippen LogP contribution >= 0.6 is 23.2 Å². The fraction of sp³-hybridized carbons (Fsp3) is 0.158. The first-order valence-electron chi connectivity index (χ1n) is 7.69. The van der Waals surface area contributed by atoms with E-state index in [0.717, 1.165) is 21.7 Å². The third-order valence-corrected chi connectivity index (χ3v) is 4.88. The van der Waals surface area contributed by atoms with E-state index in [0.29, 0.717) is 16.3 Å². The monoisotopic (exact) mass is 374 g/mol. The summed E-state index contributed by atoms with van der Waals surface area (Å²) in [7, 11) is 0. The lowest BCUT2D eigenvalue weighted by Crippen LogP contribution is -2.32. The number of carbonyl (C=O) groups excluding carboxylic acids is 2. The highest BCUT2D eigenvalue weighted by Gasteiger charge is 2.39. The summed E-state index contributed by atoms with van der Waals surface area (Å²) in [4.78, 5) is 26.5. The van der Waals surface area contributed by atoms with Gasteiger partial charge in [0.25, 0.3) is 11.8 Å². The van der Waals surface area contributed by atoms with Crippen molar-refractivity contribution in [2.45, 2.75) is 20.8 Å².